The number of anilines is 2. The molecule has 0 fully saturated rings. The zero-order valence-corrected chi connectivity index (χ0v) is 16.6. The van der Waals surface area contributed by atoms with E-state index in [1.165, 1.54) is 0 Å². The van der Waals surface area contributed by atoms with Crippen LogP contribution >= 0.6 is 0 Å². The van der Waals surface area contributed by atoms with E-state index in [4.69, 9.17) is 8.83 Å². The molecule has 4 aromatic rings. The molecule has 3 aromatic carbocycles. The van der Waals surface area contributed by atoms with Gasteiger partial charge in [0.1, 0.15) is 17.0 Å². The number of oxazole rings is 1. The average molecular weight is 402 g/mol. The molecule has 0 saturated carbocycles. The summed E-state index contributed by atoms with van der Waals surface area (Å²) in [6.45, 7) is 0. The summed E-state index contributed by atoms with van der Waals surface area (Å²) in [7, 11) is 0. The molecule has 0 radical (unpaired) electrons. The van der Waals surface area contributed by atoms with Crippen molar-refractivity contribution in [3.63, 3.8) is 0 Å². The molecule has 0 bridgehead atoms. The van der Waals surface area contributed by atoms with Crippen LogP contribution in [0.1, 0.15) is 0 Å². The molecule has 148 valence electrons. The predicted octanol–water partition coefficient (Wildman–Crippen LogP) is 7.60. The van der Waals surface area contributed by atoms with Gasteiger partial charge in [0.05, 0.1) is 0 Å². The Morgan fingerprint density at radius 1 is 0.581 bits per heavy atom. The number of aromatic nitrogens is 1. The van der Waals surface area contributed by atoms with Gasteiger partial charge < -0.3 is 14.2 Å². The zero-order chi connectivity index (χ0) is 20.6. The van der Waals surface area contributed by atoms with Gasteiger partial charge in [-0.3, -0.25) is 0 Å². The van der Waals surface area contributed by atoms with Crippen LogP contribution < -0.4 is 5.32 Å². The SMILES string of the molecule is c1cc2ccc(-c3ccccc3Nc3ccc(-c4nc5ccccc5o4)cc3)oc-2c1. The average Bonchev–Trinajstić information content (AvgIpc) is 3.46. The Labute approximate surface area is 179 Å². The third kappa shape index (κ3) is 3.24. The number of para-hydroxylation sites is 3. The first-order chi connectivity index (χ1) is 15.3. The van der Waals surface area contributed by atoms with Gasteiger partial charge >= 0.3 is 0 Å². The van der Waals surface area contributed by atoms with Crippen molar-refractivity contribution in [3.05, 3.63) is 103 Å². The van der Waals surface area contributed by atoms with Gasteiger partial charge in [0, 0.05) is 28.1 Å². The highest BCUT2D eigenvalue weighted by Gasteiger charge is 2.12. The van der Waals surface area contributed by atoms with Gasteiger partial charge in [-0.2, -0.15) is 0 Å². The Morgan fingerprint density at radius 3 is 2.29 bits per heavy atom. The maximum absolute atomic E-state index is 6.11. The lowest BCUT2D eigenvalue weighted by Gasteiger charge is -2.13. The van der Waals surface area contributed by atoms with Crippen LogP contribution in [-0.2, 0) is 0 Å². The summed E-state index contributed by atoms with van der Waals surface area (Å²) in [5.74, 6) is 2.33. The van der Waals surface area contributed by atoms with Gasteiger partial charge in [-0.15, -0.1) is 0 Å². The van der Waals surface area contributed by atoms with E-state index in [1.54, 1.807) is 0 Å². The van der Waals surface area contributed by atoms with Crippen LogP contribution in [0.5, 0.6) is 0 Å². The first-order valence-corrected chi connectivity index (χ1v) is 10.1. The molecule has 4 heteroatoms. The second kappa shape index (κ2) is 7.18. The maximum atomic E-state index is 6.11. The minimum atomic E-state index is 0.620. The molecule has 0 spiro atoms. The minimum absolute atomic E-state index is 0.620. The van der Waals surface area contributed by atoms with E-state index in [-0.39, 0.29) is 0 Å². The van der Waals surface area contributed by atoms with Gasteiger partial charge in [-0.05, 0) is 66.7 Å². The van der Waals surface area contributed by atoms with Crippen molar-refractivity contribution in [2.45, 2.75) is 0 Å². The van der Waals surface area contributed by atoms with E-state index >= 15 is 0 Å². The summed E-state index contributed by atoms with van der Waals surface area (Å²) in [6, 6.07) is 34.1. The van der Waals surface area contributed by atoms with Crippen LogP contribution in [0.25, 0.3) is 45.2 Å². The Balaban J connectivity index is 1.30. The largest absolute Gasteiger partial charge is 0.456 e. The van der Waals surface area contributed by atoms with Crippen molar-refractivity contribution in [3.8, 4) is 34.1 Å². The lowest BCUT2D eigenvalue weighted by Crippen LogP contribution is -1.93. The van der Waals surface area contributed by atoms with Crippen molar-refractivity contribution >= 4 is 22.5 Å². The van der Waals surface area contributed by atoms with E-state index in [9.17, 15) is 0 Å². The van der Waals surface area contributed by atoms with E-state index in [0.29, 0.717) is 5.89 Å². The summed E-state index contributed by atoms with van der Waals surface area (Å²) >= 11 is 0. The maximum Gasteiger partial charge on any atom is 0.227 e. The van der Waals surface area contributed by atoms with Crippen LogP contribution in [0.15, 0.2) is 112 Å². The van der Waals surface area contributed by atoms with Crippen LogP contribution in [0.2, 0.25) is 0 Å². The van der Waals surface area contributed by atoms with Gasteiger partial charge in [-0.1, -0.05) is 36.4 Å². The predicted molar refractivity (Wildman–Crippen MR) is 123 cm³/mol. The lowest BCUT2D eigenvalue weighted by molar-refractivity contribution is 0.583. The molecule has 2 heterocycles. The van der Waals surface area contributed by atoms with Crippen molar-refractivity contribution in [1.29, 1.82) is 0 Å². The number of hydrogen-bond acceptors (Lipinski definition) is 4. The molecule has 0 saturated heterocycles. The topological polar surface area (TPSA) is 51.2 Å². The quantitative estimate of drug-likeness (QED) is 0.330. The molecule has 6 rings (SSSR count). The fraction of sp³-hybridized carbons (Fsp3) is 0. The molecule has 0 atom stereocenters. The van der Waals surface area contributed by atoms with E-state index in [1.807, 2.05) is 84.9 Å². The van der Waals surface area contributed by atoms with E-state index < -0.39 is 0 Å². The number of nitrogens with zero attached hydrogens (tertiary/aromatic N) is 1. The minimum Gasteiger partial charge on any atom is -0.456 e. The van der Waals surface area contributed by atoms with Crippen LogP contribution in [0.3, 0.4) is 0 Å². The lowest BCUT2D eigenvalue weighted by atomic mass is 10.1. The molecule has 0 amide bonds. The molecule has 1 aromatic heterocycles. The molecule has 0 unspecified atom stereocenters. The van der Waals surface area contributed by atoms with Crippen molar-refractivity contribution < 1.29 is 8.83 Å². The van der Waals surface area contributed by atoms with Crippen molar-refractivity contribution in [2.24, 2.45) is 0 Å². The first kappa shape index (κ1) is 17.5. The third-order valence-corrected chi connectivity index (χ3v) is 5.34. The molecule has 1 aliphatic carbocycles. The normalized spacial score (nSPS) is 11.2. The molecular formula is C27H18N2O2. The van der Waals surface area contributed by atoms with Crippen LogP contribution in [-0.4, -0.2) is 4.98 Å². The summed E-state index contributed by atoms with van der Waals surface area (Å²) in [5.41, 5.74) is 6.65. The number of fused-ring (bicyclic) bond motifs is 2. The van der Waals surface area contributed by atoms with Gasteiger partial charge in [0.15, 0.2) is 5.58 Å². The third-order valence-electron chi connectivity index (χ3n) is 5.34. The molecule has 1 N–H and O–H groups in total. The smallest absolute Gasteiger partial charge is 0.227 e. The van der Waals surface area contributed by atoms with Gasteiger partial charge in [-0.25, -0.2) is 4.98 Å². The molecular weight excluding hydrogens is 384 g/mol. The second-order valence-corrected chi connectivity index (χ2v) is 7.38. The zero-order valence-electron chi connectivity index (χ0n) is 16.6. The fourth-order valence-electron chi connectivity index (χ4n) is 3.77. The van der Waals surface area contributed by atoms with E-state index in [0.717, 1.165) is 50.7 Å². The number of benzene rings is 3. The van der Waals surface area contributed by atoms with Crippen LogP contribution in [0.4, 0.5) is 11.4 Å². The second-order valence-electron chi connectivity index (χ2n) is 7.38. The van der Waals surface area contributed by atoms with Gasteiger partial charge in [0.25, 0.3) is 0 Å². The Bertz CT molecular complexity index is 1430. The van der Waals surface area contributed by atoms with Crippen molar-refractivity contribution in [1.82, 2.24) is 4.98 Å². The Kier molecular flexibility index (Phi) is 4.06. The summed E-state index contributed by atoms with van der Waals surface area (Å²) in [6.07, 6.45) is 0. The number of nitrogens with one attached hydrogen (secondary N) is 1. The Hall–Kier alpha value is -4.31. The molecule has 1 aliphatic heterocycles. The number of rotatable bonds is 4. The van der Waals surface area contributed by atoms with Crippen molar-refractivity contribution in [2.75, 3.05) is 5.32 Å². The first-order valence-electron chi connectivity index (χ1n) is 10.1. The monoisotopic (exact) mass is 402 g/mol. The summed E-state index contributed by atoms with van der Waals surface area (Å²) in [5, 5.41) is 3.51. The highest BCUT2D eigenvalue weighted by Crippen LogP contribution is 2.35. The number of hydrogen-bond donors (Lipinski definition) is 1. The Morgan fingerprint density at radius 2 is 1.39 bits per heavy atom. The van der Waals surface area contributed by atoms with Gasteiger partial charge in [0.2, 0.25) is 5.89 Å². The molecule has 4 nitrogen and oxygen atoms in total. The highest BCUT2D eigenvalue weighted by atomic mass is 16.3. The van der Waals surface area contributed by atoms with E-state index in [2.05, 4.69) is 28.5 Å². The summed E-state index contributed by atoms with van der Waals surface area (Å²) in [4.78, 5) is 4.57. The summed E-state index contributed by atoms with van der Waals surface area (Å²) < 4.78 is 12.0. The molecule has 31 heavy (non-hydrogen) atoms. The highest BCUT2D eigenvalue weighted by molar-refractivity contribution is 5.80. The van der Waals surface area contributed by atoms with Crippen LogP contribution in [0, 0.1) is 0 Å². The standard InChI is InChI=1S/C27H18N2O2/c1-2-8-22(21(7-1)25-17-14-18-6-5-11-24(18)30-25)28-20-15-12-19(13-16-20)27-29-23-9-3-4-10-26(23)31-27/h1-17,28H. The fourth-order valence-corrected chi connectivity index (χ4v) is 3.77. The molecule has 2 aliphatic rings.